The van der Waals surface area contributed by atoms with E-state index in [4.69, 9.17) is 0 Å². The molecule has 108 valence electrons. The highest BCUT2D eigenvalue weighted by atomic mass is 16.5. The number of carbonyl (C=O) groups is 3. The Morgan fingerprint density at radius 3 is 2.95 bits per heavy atom. The molecule has 2 rings (SSSR count). The van der Waals surface area contributed by atoms with Gasteiger partial charge in [-0.15, -0.1) is 0 Å². The molecule has 0 bridgehead atoms. The van der Waals surface area contributed by atoms with Gasteiger partial charge in [0.15, 0.2) is 0 Å². The van der Waals surface area contributed by atoms with Crippen LogP contribution in [0.25, 0.3) is 0 Å². The minimum absolute atomic E-state index is 0.159. The summed E-state index contributed by atoms with van der Waals surface area (Å²) in [7, 11) is 1.26. The quantitative estimate of drug-likeness (QED) is 0.592. The smallest absolute Gasteiger partial charge is 0.328 e. The van der Waals surface area contributed by atoms with Gasteiger partial charge in [0.25, 0.3) is 0 Å². The molecule has 1 aromatic heterocycles. The average Bonchev–Trinajstić information content (AvgIpc) is 3.08. The molecule has 20 heavy (non-hydrogen) atoms. The zero-order valence-corrected chi connectivity index (χ0v) is 11.0. The molecule has 0 aliphatic carbocycles. The average molecular weight is 280 g/mol. The molecule has 0 spiro atoms. The van der Waals surface area contributed by atoms with Crippen LogP contribution in [0.3, 0.4) is 0 Å². The first-order valence-corrected chi connectivity index (χ1v) is 6.25. The van der Waals surface area contributed by atoms with Gasteiger partial charge in [-0.1, -0.05) is 0 Å². The van der Waals surface area contributed by atoms with Crippen molar-refractivity contribution in [2.45, 2.75) is 31.3 Å². The topological polar surface area (TPSA) is 113 Å². The van der Waals surface area contributed by atoms with Gasteiger partial charge in [-0.25, -0.2) is 9.78 Å². The van der Waals surface area contributed by atoms with Gasteiger partial charge in [0.2, 0.25) is 11.8 Å². The number of methoxy groups -OCH3 is 1. The summed E-state index contributed by atoms with van der Waals surface area (Å²) in [5.74, 6) is -1.09. The van der Waals surface area contributed by atoms with Gasteiger partial charge >= 0.3 is 5.97 Å². The number of H-pyrrole nitrogens is 1. The summed E-state index contributed by atoms with van der Waals surface area (Å²) in [5, 5.41) is 5.14. The van der Waals surface area contributed by atoms with E-state index in [2.05, 4.69) is 25.3 Å². The molecule has 0 aromatic carbocycles. The van der Waals surface area contributed by atoms with Crippen LogP contribution < -0.4 is 10.6 Å². The van der Waals surface area contributed by atoms with Gasteiger partial charge in [-0.05, 0) is 6.42 Å². The molecule has 1 saturated heterocycles. The van der Waals surface area contributed by atoms with Crippen LogP contribution in [0.1, 0.15) is 18.5 Å². The predicted octanol–water partition coefficient (Wildman–Crippen LogP) is -1.11. The molecule has 8 heteroatoms. The van der Waals surface area contributed by atoms with E-state index in [0.29, 0.717) is 18.5 Å². The normalized spacial score (nSPS) is 19.2. The number of nitrogens with zero attached hydrogens (tertiary/aromatic N) is 1. The fourth-order valence-electron chi connectivity index (χ4n) is 2.03. The van der Waals surface area contributed by atoms with Crippen LogP contribution in [0.2, 0.25) is 0 Å². The van der Waals surface area contributed by atoms with Crippen molar-refractivity contribution in [3.8, 4) is 0 Å². The fraction of sp³-hybridized carbons (Fsp3) is 0.500. The first kappa shape index (κ1) is 14.0. The lowest BCUT2D eigenvalue weighted by atomic mass is 10.1. The van der Waals surface area contributed by atoms with Crippen molar-refractivity contribution in [1.82, 2.24) is 20.6 Å². The highest BCUT2D eigenvalue weighted by Gasteiger charge is 2.31. The zero-order valence-electron chi connectivity index (χ0n) is 11.0. The van der Waals surface area contributed by atoms with Crippen LogP contribution in [-0.2, 0) is 25.5 Å². The van der Waals surface area contributed by atoms with Crippen LogP contribution in [0.4, 0.5) is 0 Å². The molecule has 2 atom stereocenters. The molecular formula is C12H16N4O4. The second-order valence-corrected chi connectivity index (χ2v) is 4.52. The Kier molecular flexibility index (Phi) is 4.34. The van der Waals surface area contributed by atoms with E-state index in [1.54, 1.807) is 6.20 Å². The van der Waals surface area contributed by atoms with Crippen molar-refractivity contribution in [3.63, 3.8) is 0 Å². The highest BCUT2D eigenvalue weighted by molar-refractivity contribution is 5.93. The SMILES string of the molecule is COC(=O)[C@@H](Cc1cnc[nH]1)NC(=O)[C@@H]1CCC(=O)N1. The molecule has 1 fully saturated rings. The summed E-state index contributed by atoms with van der Waals surface area (Å²) in [6.45, 7) is 0. The number of esters is 1. The first-order valence-electron chi connectivity index (χ1n) is 6.25. The van der Waals surface area contributed by atoms with E-state index in [0.717, 1.165) is 0 Å². The third kappa shape index (κ3) is 3.34. The van der Waals surface area contributed by atoms with Crippen LogP contribution in [0.15, 0.2) is 12.5 Å². The molecule has 0 radical (unpaired) electrons. The number of aromatic amines is 1. The zero-order chi connectivity index (χ0) is 14.5. The molecule has 0 saturated carbocycles. The summed E-state index contributed by atoms with van der Waals surface area (Å²) < 4.78 is 4.67. The monoisotopic (exact) mass is 280 g/mol. The van der Waals surface area contributed by atoms with Crippen molar-refractivity contribution in [2.24, 2.45) is 0 Å². The number of aromatic nitrogens is 2. The lowest BCUT2D eigenvalue weighted by Crippen LogP contribution is -2.50. The summed E-state index contributed by atoms with van der Waals surface area (Å²) in [4.78, 5) is 41.5. The van der Waals surface area contributed by atoms with Crippen molar-refractivity contribution in [1.29, 1.82) is 0 Å². The van der Waals surface area contributed by atoms with Gasteiger partial charge in [-0.3, -0.25) is 9.59 Å². The molecule has 0 unspecified atom stereocenters. The summed E-state index contributed by atoms with van der Waals surface area (Å²) in [6.07, 6.45) is 4.06. The van der Waals surface area contributed by atoms with Gasteiger partial charge < -0.3 is 20.4 Å². The predicted molar refractivity (Wildman–Crippen MR) is 67.4 cm³/mol. The number of rotatable bonds is 5. The van der Waals surface area contributed by atoms with E-state index in [-0.39, 0.29) is 18.2 Å². The Balaban J connectivity index is 1.98. The number of hydrogen-bond donors (Lipinski definition) is 3. The largest absolute Gasteiger partial charge is 0.467 e. The lowest BCUT2D eigenvalue weighted by molar-refractivity contribution is -0.145. The lowest BCUT2D eigenvalue weighted by Gasteiger charge is -2.18. The van der Waals surface area contributed by atoms with Crippen molar-refractivity contribution >= 4 is 17.8 Å². The van der Waals surface area contributed by atoms with Gasteiger partial charge in [-0.2, -0.15) is 0 Å². The summed E-state index contributed by atoms with van der Waals surface area (Å²) in [5.41, 5.74) is 0.705. The third-order valence-electron chi connectivity index (χ3n) is 3.09. The maximum atomic E-state index is 12.0. The maximum Gasteiger partial charge on any atom is 0.328 e. The number of carbonyl (C=O) groups excluding carboxylic acids is 3. The Hall–Kier alpha value is -2.38. The minimum atomic E-state index is -0.814. The third-order valence-corrected chi connectivity index (χ3v) is 3.09. The first-order chi connectivity index (χ1) is 9.60. The standard InChI is InChI=1S/C12H16N4O4/c1-20-12(19)9(4-7-5-13-6-14-7)16-11(18)8-2-3-10(17)15-8/h5-6,8-9H,2-4H2,1H3,(H,13,14)(H,15,17)(H,16,18)/t8-,9+/m0/s1. The maximum absolute atomic E-state index is 12.0. The number of nitrogens with one attached hydrogen (secondary N) is 3. The van der Waals surface area contributed by atoms with Crippen molar-refractivity contribution in [2.75, 3.05) is 7.11 Å². The Morgan fingerprint density at radius 1 is 1.60 bits per heavy atom. The van der Waals surface area contributed by atoms with Gasteiger partial charge in [0.1, 0.15) is 12.1 Å². The van der Waals surface area contributed by atoms with E-state index >= 15 is 0 Å². The van der Waals surface area contributed by atoms with Gasteiger partial charge in [0.05, 0.1) is 13.4 Å². The molecule has 2 heterocycles. The number of hydrogen-bond acceptors (Lipinski definition) is 5. The minimum Gasteiger partial charge on any atom is -0.467 e. The summed E-state index contributed by atoms with van der Waals surface area (Å²) >= 11 is 0. The highest BCUT2D eigenvalue weighted by Crippen LogP contribution is 2.08. The van der Waals surface area contributed by atoms with Crippen LogP contribution in [0.5, 0.6) is 0 Å². The molecule has 1 aromatic rings. The van der Waals surface area contributed by atoms with Crippen molar-refractivity contribution < 1.29 is 19.1 Å². The molecular weight excluding hydrogens is 264 g/mol. The summed E-state index contributed by atoms with van der Waals surface area (Å²) in [6, 6.07) is -1.40. The van der Waals surface area contributed by atoms with E-state index in [1.165, 1.54) is 13.4 Å². The number of ether oxygens (including phenoxy) is 1. The fourth-order valence-corrected chi connectivity index (χ4v) is 2.03. The molecule has 8 nitrogen and oxygen atoms in total. The van der Waals surface area contributed by atoms with E-state index in [9.17, 15) is 14.4 Å². The number of imidazole rings is 1. The molecule has 2 amide bonds. The molecule has 1 aliphatic rings. The Bertz CT molecular complexity index is 500. The molecule has 3 N–H and O–H groups in total. The van der Waals surface area contributed by atoms with E-state index in [1.807, 2.05) is 0 Å². The van der Waals surface area contributed by atoms with Crippen LogP contribution in [0, 0.1) is 0 Å². The Labute approximate surface area is 115 Å². The second-order valence-electron chi connectivity index (χ2n) is 4.52. The Morgan fingerprint density at radius 2 is 2.40 bits per heavy atom. The molecule has 1 aliphatic heterocycles. The second kappa shape index (κ2) is 6.18. The van der Waals surface area contributed by atoms with Crippen LogP contribution in [-0.4, -0.2) is 46.9 Å². The van der Waals surface area contributed by atoms with E-state index < -0.39 is 18.1 Å². The number of amides is 2. The van der Waals surface area contributed by atoms with Gasteiger partial charge in [0, 0.05) is 24.7 Å². The van der Waals surface area contributed by atoms with Crippen LogP contribution >= 0.6 is 0 Å². The van der Waals surface area contributed by atoms with Crippen molar-refractivity contribution in [3.05, 3.63) is 18.2 Å².